The Balaban J connectivity index is 1.75. The standard InChI is InChI=1S/C19H22BN5O/c1-14-18(15-5-3-2-4-6-15)19-21-16(20)13-17(25(19)22-14)24-9-7-23(8-10-24)11-12-26/h2-6,13,26H,7-12H2,1H3. The van der Waals surface area contributed by atoms with E-state index in [1.54, 1.807) is 0 Å². The summed E-state index contributed by atoms with van der Waals surface area (Å²) in [5.41, 5.74) is 4.35. The maximum atomic E-state index is 9.13. The Kier molecular flexibility index (Phi) is 4.65. The summed E-state index contributed by atoms with van der Waals surface area (Å²) in [6.45, 7) is 6.50. The van der Waals surface area contributed by atoms with Crippen LogP contribution >= 0.6 is 0 Å². The molecule has 0 atom stereocenters. The Morgan fingerprint density at radius 3 is 2.54 bits per heavy atom. The molecule has 1 N–H and O–H groups in total. The van der Waals surface area contributed by atoms with E-state index in [-0.39, 0.29) is 6.61 Å². The van der Waals surface area contributed by atoms with Crippen LogP contribution in [0.5, 0.6) is 0 Å². The zero-order valence-electron chi connectivity index (χ0n) is 15.0. The predicted octanol–water partition coefficient (Wildman–Crippen LogP) is 0.613. The number of anilines is 1. The van der Waals surface area contributed by atoms with Crippen LogP contribution in [0, 0.1) is 6.92 Å². The quantitative estimate of drug-likeness (QED) is 0.701. The molecule has 6 nitrogen and oxygen atoms in total. The van der Waals surface area contributed by atoms with Crippen molar-refractivity contribution >= 4 is 24.9 Å². The smallest absolute Gasteiger partial charge is 0.164 e. The number of aryl methyl sites for hydroxylation is 1. The second-order valence-corrected chi connectivity index (χ2v) is 6.65. The van der Waals surface area contributed by atoms with Crippen LogP contribution in [-0.2, 0) is 0 Å². The highest BCUT2D eigenvalue weighted by atomic mass is 16.3. The molecule has 4 rings (SSSR count). The van der Waals surface area contributed by atoms with Gasteiger partial charge in [0.15, 0.2) is 5.65 Å². The fourth-order valence-electron chi connectivity index (χ4n) is 3.64. The molecular formula is C19H22BN5O. The van der Waals surface area contributed by atoms with E-state index in [2.05, 4.69) is 26.9 Å². The van der Waals surface area contributed by atoms with Gasteiger partial charge in [0.25, 0.3) is 0 Å². The minimum atomic E-state index is 0.200. The van der Waals surface area contributed by atoms with Crippen molar-refractivity contribution in [2.24, 2.45) is 0 Å². The van der Waals surface area contributed by atoms with E-state index in [1.165, 1.54) is 0 Å². The topological polar surface area (TPSA) is 56.9 Å². The molecule has 0 aliphatic carbocycles. The highest BCUT2D eigenvalue weighted by Crippen LogP contribution is 2.29. The van der Waals surface area contributed by atoms with Gasteiger partial charge in [-0.25, -0.2) is 4.98 Å². The van der Waals surface area contributed by atoms with E-state index in [0.29, 0.717) is 5.59 Å². The maximum absolute atomic E-state index is 9.13. The van der Waals surface area contributed by atoms with E-state index in [9.17, 15) is 0 Å². The molecule has 26 heavy (non-hydrogen) atoms. The molecule has 7 heteroatoms. The van der Waals surface area contributed by atoms with Gasteiger partial charge in [-0.3, -0.25) is 4.90 Å². The average Bonchev–Trinajstić information content (AvgIpc) is 2.98. The third kappa shape index (κ3) is 3.08. The summed E-state index contributed by atoms with van der Waals surface area (Å²) in [6.07, 6.45) is 0. The monoisotopic (exact) mass is 347 g/mol. The first-order valence-electron chi connectivity index (χ1n) is 8.97. The van der Waals surface area contributed by atoms with Crippen molar-refractivity contribution in [3.63, 3.8) is 0 Å². The minimum Gasteiger partial charge on any atom is -0.395 e. The summed E-state index contributed by atoms with van der Waals surface area (Å²) in [7, 11) is 6.14. The van der Waals surface area contributed by atoms with Crippen LogP contribution < -0.4 is 10.5 Å². The number of rotatable bonds is 4. The van der Waals surface area contributed by atoms with Crippen molar-refractivity contribution in [2.45, 2.75) is 6.92 Å². The Morgan fingerprint density at radius 2 is 1.85 bits per heavy atom. The van der Waals surface area contributed by atoms with Crippen LogP contribution in [-0.4, -0.2) is 71.8 Å². The normalized spacial score (nSPS) is 15.7. The lowest BCUT2D eigenvalue weighted by Gasteiger charge is -2.35. The second-order valence-electron chi connectivity index (χ2n) is 6.65. The summed E-state index contributed by atoms with van der Waals surface area (Å²) in [5.74, 6) is 0.974. The van der Waals surface area contributed by atoms with Crippen molar-refractivity contribution in [1.29, 1.82) is 0 Å². The highest BCUT2D eigenvalue weighted by Gasteiger charge is 2.22. The lowest BCUT2D eigenvalue weighted by atomic mass is 10.0. The van der Waals surface area contributed by atoms with Crippen molar-refractivity contribution in [1.82, 2.24) is 19.5 Å². The van der Waals surface area contributed by atoms with E-state index in [0.717, 1.165) is 61.0 Å². The summed E-state index contributed by atoms with van der Waals surface area (Å²) in [4.78, 5) is 9.14. The zero-order chi connectivity index (χ0) is 18.1. The second kappa shape index (κ2) is 7.09. The van der Waals surface area contributed by atoms with Gasteiger partial charge in [0.05, 0.1) is 12.3 Å². The fourth-order valence-corrected chi connectivity index (χ4v) is 3.64. The molecule has 0 spiro atoms. The zero-order valence-corrected chi connectivity index (χ0v) is 15.0. The van der Waals surface area contributed by atoms with Gasteiger partial charge in [0, 0.05) is 38.3 Å². The number of aliphatic hydroxyl groups excluding tert-OH is 1. The largest absolute Gasteiger partial charge is 0.395 e. The first-order chi connectivity index (χ1) is 12.7. The highest BCUT2D eigenvalue weighted by molar-refractivity contribution is 6.31. The maximum Gasteiger partial charge on any atom is 0.164 e. The van der Waals surface area contributed by atoms with Crippen LogP contribution in [0.3, 0.4) is 0 Å². The molecule has 1 aliphatic rings. The van der Waals surface area contributed by atoms with Crippen LogP contribution in [0.25, 0.3) is 16.8 Å². The molecule has 2 aromatic heterocycles. The van der Waals surface area contributed by atoms with Gasteiger partial charge in [0.2, 0.25) is 0 Å². The lowest BCUT2D eigenvalue weighted by molar-refractivity contribution is 0.188. The third-order valence-corrected chi connectivity index (χ3v) is 4.94. The molecule has 0 amide bonds. The molecule has 2 radical (unpaired) electrons. The number of fused-ring (bicyclic) bond motifs is 1. The van der Waals surface area contributed by atoms with E-state index in [4.69, 9.17) is 18.1 Å². The van der Waals surface area contributed by atoms with Crippen molar-refractivity contribution in [2.75, 3.05) is 44.2 Å². The number of benzene rings is 1. The summed E-state index contributed by atoms with van der Waals surface area (Å²) >= 11 is 0. The minimum absolute atomic E-state index is 0.200. The van der Waals surface area contributed by atoms with Gasteiger partial charge in [-0.05, 0) is 24.1 Å². The van der Waals surface area contributed by atoms with Gasteiger partial charge >= 0.3 is 0 Å². The molecule has 0 bridgehead atoms. The summed E-state index contributed by atoms with van der Waals surface area (Å²) < 4.78 is 1.91. The lowest BCUT2D eigenvalue weighted by Crippen LogP contribution is -2.48. The van der Waals surface area contributed by atoms with E-state index >= 15 is 0 Å². The number of β-amino-alcohol motifs (C(OH)–C–C–N with tert-alkyl or cyclic N) is 1. The molecular weight excluding hydrogens is 325 g/mol. The molecule has 1 fully saturated rings. The molecule has 0 unspecified atom stereocenters. The molecule has 3 heterocycles. The Morgan fingerprint density at radius 1 is 1.12 bits per heavy atom. The van der Waals surface area contributed by atoms with Crippen LogP contribution in [0.1, 0.15) is 5.69 Å². The van der Waals surface area contributed by atoms with E-state index in [1.807, 2.05) is 35.7 Å². The van der Waals surface area contributed by atoms with Crippen LogP contribution in [0.4, 0.5) is 5.82 Å². The molecule has 1 aromatic carbocycles. The van der Waals surface area contributed by atoms with Gasteiger partial charge in [-0.15, -0.1) is 0 Å². The van der Waals surface area contributed by atoms with Crippen LogP contribution in [0.2, 0.25) is 0 Å². The van der Waals surface area contributed by atoms with Crippen molar-refractivity contribution < 1.29 is 5.11 Å². The number of aromatic nitrogens is 3. The number of hydrogen-bond donors (Lipinski definition) is 1. The molecule has 0 saturated carbocycles. The predicted molar refractivity (Wildman–Crippen MR) is 104 cm³/mol. The fraction of sp³-hybridized carbons (Fsp3) is 0.368. The third-order valence-electron chi connectivity index (χ3n) is 4.94. The van der Waals surface area contributed by atoms with Crippen molar-refractivity contribution in [3.8, 4) is 11.1 Å². The summed E-state index contributed by atoms with van der Waals surface area (Å²) in [6, 6.07) is 12.1. The number of piperazine rings is 1. The van der Waals surface area contributed by atoms with Crippen LogP contribution in [0.15, 0.2) is 36.4 Å². The first kappa shape index (κ1) is 17.1. The molecule has 3 aromatic rings. The average molecular weight is 347 g/mol. The molecule has 1 aliphatic heterocycles. The number of nitrogens with zero attached hydrogens (tertiary/aromatic N) is 5. The van der Waals surface area contributed by atoms with Crippen molar-refractivity contribution in [3.05, 3.63) is 42.1 Å². The summed E-state index contributed by atoms with van der Waals surface area (Å²) in [5, 5.41) is 13.9. The van der Waals surface area contributed by atoms with Gasteiger partial charge < -0.3 is 10.0 Å². The molecule has 1 saturated heterocycles. The number of hydrogen-bond acceptors (Lipinski definition) is 5. The Hall–Kier alpha value is -2.38. The number of aliphatic hydroxyl groups is 1. The van der Waals surface area contributed by atoms with Gasteiger partial charge in [-0.1, -0.05) is 30.3 Å². The van der Waals surface area contributed by atoms with Gasteiger partial charge in [-0.2, -0.15) is 9.61 Å². The first-order valence-corrected chi connectivity index (χ1v) is 8.97. The van der Waals surface area contributed by atoms with E-state index < -0.39 is 0 Å². The SMILES string of the molecule is [B]c1cc(N2CCN(CCO)CC2)n2nc(C)c(-c3ccccc3)c2n1. The Bertz CT molecular complexity index is 903. The molecule has 132 valence electrons. The van der Waals surface area contributed by atoms with Gasteiger partial charge in [0.1, 0.15) is 13.7 Å². The Labute approximate surface area is 154 Å².